The third-order valence-corrected chi connectivity index (χ3v) is 3.90. The average molecular weight is 283 g/mol. The third-order valence-electron chi connectivity index (χ3n) is 3.90. The average Bonchev–Trinajstić information content (AvgIpc) is 2.55. The van der Waals surface area contributed by atoms with Crippen molar-refractivity contribution in [2.24, 2.45) is 0 Å². The molecule has 5 nitrogen and oxygen atoms in total. The molecule has 1 aliphatic rings. The van der Waals surface area contributed by atoms with Gasteiger partial charge in [0.15, 0.2) is 0 Å². The minimum absolute atomic E-state index is 0.0854. The summed E-state index contributed by atoms with van der Waals surface area (Å²) in [6.07, 6.45) is 4.61. The van der Waals surface area contributed by atoms with Crippen LogP contribution in [0, 0.1) is 0 Å². The lowest BCUT2D eigenvalue weighted by atomic mass is 9.87. The van der Waals surface area contributed by atoms with E-state index < -0.39 is 6.10 Å². The zero-order valence-electron chi connectivity index (χ0n) is 11.6. The van der Waals surface area contributed by atoms with Crippen LogP contribution in [0.25, 0.3) is 0 Å². The van der Waals surface area contributed by atoms with Crippen molar-refractivity contribution in [1.29, 1.82) is 0 Å². The SMILES string of the molecule is O=C(c1cncnc1)N1CC[C@@H](c2ccccc2)[C@H](O)C1. The first-order valence-electron chi connectivity index (χ1n) is 7.03. The number of piperidine rings is 1. The number of rotatable bonds is 2. The highest BCUT2D eigenvalue weighted by Crippen LogP contribution is 2.28. The fourth-order valence-corrected chi connectivity index (χ4v) is 2.80. The van der Waals surface area contributed by atoms with Crippen LogP contribution in [0.15, 0.2) is 49.1 Å². The van der Waals surface area contributed by atoms with Gasteiger partial charge in [-0.25, -0.2) is 9.97 Å². The van der Waals surface area contributed by atoms with Crippen molar-refractivity contribution in [3.05, 3.63) is 60.2 Å². The largest absolute Gasteiger partial charge is 0.391 e. The van der Waals surface area contributed by atoms with Gasteiger partial charge in [0.2, 0.25) is 0 Å². The molecule has 3 rings (SSSR count). The molecule has 1 saturated heterocycles. The number of aromatic nitrogens is 2. The van der Waals surface area contributed by atoms with Gasteiger partial charge in [-0.1, -0.05) is 30.3 Å². The van der Waals surface area contributed by atoms with E-state index in [0.717, 1.165) is 12.0 Å². The molecule has 2 aromatic rings. The second kappa shape index (κ2) is 6.01. The standard InChI is InChI=1S/C16H17N3O2/c20-15-10-19(16(21)13-8-17-11-18-9-13)7-6-14(15)12-4-2-1-3-5-12/h1-5,8-9,11,14-15,20H,6-7,10H2/t14-,15+/m0/s1. The minimum atomic E-state index is -0.547. The Balaban J connectivity index is 1.70. The molecule has 1 amide bonds. The maximum atomic E-state index is 12.3. The number of amides is 1. The molecular formula is C16H17N3O2. The molecular weight excluding hydrogens is 266 g/mol. The summed E-state index contributed by atoms with van der Waals surface area (Å²) >= 11 is 0. The van der Waals surface area contributed by atoms with Crippen LogP contribution < -0.4 is 0 Å². The van der Waals surface area contributed by atoms with Crippen LogP contribution in [0.4, 0.5) is 0 Å². The fourth-order valence-electron chi connectivity index (χ4n) is 2.80. The van der Waals surface area contributed by atoms with Crippen LogP contribution in [0.3, 0.4) is 0 Å². The van der Waals surface area contributed by atoms with Gasteiger partial charge in [0.25, 0.3) is 5.91 Å². The minimum Gasteiger partial charge on any atom is -0.391 e. The van der Waals surface area contributed by atoms with Gasteiger partial charge in [0.05, 0.1) is 11.7 Å². The Kier molecular flexibility index (Phi) is 3.92. The van der Waals surface area contributed by atoms with Gasteiger partial charge < -0.3 is 10.0 Å². The van der Waals surface area contributed by atoms with Crippen molar-refractivity contribution in [3.8, 4) is 0 Å². The number of carbonyl (C=O) groups excluding carboxylic acids is 1. The molecule has 0 aliphatic carbocycles. The molecule has 1 aromatic heterocycles. The number of aliphatic hydroxyl groups excluding tert-OH is 1. The van der Waals surface area contributed by atoms with Crippen molar-refractivity contribution in [2.75, 3.05) is 13.1 Å². The highest BCUT2D eigenvalue weighted by Gasteiger charge is 2.31. The quantitative estimate of drug-likeness (QED) is 0.906. The van der Waals surface area contributed by atoms with Crippen LogP contribution in [0.1, 0.15) is 28.3 Å². The summed E-state index contributed by atoms with van der Waals surface area (Å²) in [6.45, 7) is 0.970. The van der Waals surface area contributed by atoms with Crippen molar-refractivity contribution >= 4 is 5.91 Å². The van der Waals surface area contributed by atoms with Crippen LogP contribution in [-0.2, 0) is 0 Å². The Morgan fingerprint density at radius 3 is 2.57 bits per heavy atom. The molecule has 108 valence electrons. The van der Waals surface area contributed by atoms with Gasteiger partial charge in [-0.15, -0.1) is 0 Å². The molecule has 0 spiro atoms. The molecule has 1 fully saturated rings. The Hall–Kier alpha value is -2.27. The number of aliphatic hydroxyl groups is 1. The molecule has 21 heavy (non-hydrogen) atoms. The van der Waals surface area contributed by atoms with Gasteiger partial charge in [0, 0.05) is 31.4 Å². The molecule has 1 N–H and O–H groups in total. The van der Waals surface area contributed by atoms with E-state index in [1.807, 2.05) is 30.3 Å². The monoisotopic (exact) mass is 283 g/mol. The number of benzene rings is 1. The van der Waals surface area contributed by atoms with E-state index in [1.54, 1.807) is 4.90 Å². The molecule has 5 heteroatoms. The summed E-state index contributed by atoms with van der Waals surface area (Å²) in [6, 6.07) is 9.96. The van der Waals surface area contributed by atoms with Crippen molar-refractivity contribution in [3.63, 3.8) is 0 Å². The predicted molar refractivity (Wildman–Crippen MR) is 77.7 cm³/mol. The number of nitrogens with zero attached hydrogens (tertiary/aromatic N) is 3. The Bertz CT molecular complexity index is 603. The van der Waals surface area contributed by atoms with Crippen molar-refractivity contribution in [2.45, 2.75) is 18.4 Å². The highest BCUT2D eigenvalue weighted by atomic mass is 16.3. The first-order valence-corrected chi connectivity index (χ1v) is 7.03. The first-order chi connectivity index (χ1) is 10.3. The summed E-state index contributed by atoms with van der Waals surface area (Å²) in [5.41, 5.74) is 1.59. The lowest BCUT2D eigenvalue weighted by Gasteiger charge is -2.36. The van der Waals surface area contributed by atoms with E-state index in [1.165, 1.54) is 18.7 Å². The zero-order chi connectivity index (χ0) is 14.7. The highest BCUT2D eigenvalue weighted by molar-refractivity contribution is 5.93. The third kappa shape index (κ3) is 2.92. The van der Waals surface area contributed by atoms with E-state index in [4.69, 9.17) is 0 Å². The Morgan fingerprint density at radius 1 is 1.19 bits per heavy atom. The maximum Gasteiger partial charge on any atom is 0.257 e. The zero-order valence-corrected chi connectivity index (χ0v) is 11.6. The molecule has 0 bridgehead atoms. The Morgan fingerprint density at radius 2 is 1.90 bits per heavy atom. The van der Waals surface area contributed by atoms with Crippen LogP contribution in [0.2, 0.25) is 0 Å². The van der Waals surface area contributed by atoms with E-state index in [-0.39, 0.29) is 11.8 Å². The number of hydrogen-bond acceptors (Lipinski definition) is 4. The van der Waals surface area contributed by atoms with E-state index in [9.17, 15) is 9.90 Å². The molecule has 0 radical (unpaired) electrons. The summed E-state index contributed by atoms with van der Waals surface area (Å²) in [5, 5.41) is 10.4. The van der Waals surface area contributed by atoms with Gasteiger partial charge in [0.1, 0.15) is 6.33 Å². The lowest BCUT2D eigenvalue weighted by molar-refractivity contribution is 0.0381. The number of hydrogen-bond donors (Lipinski definition) is 1. The van der Waals surface area contributed by atoms with E-state index in [2.05, 4.69) is 9.97 Å². The van der Waals surface area contributed by atoms with Gasteiger partial charge in [-0.05, 0) is 12.0 Å². The lowest BCUT2D eigenvalue weighted by Crippen LogP contribution is -2.45. The second-order valence-electron chi connectivity index (χ2n) is 5.25. The number of β-amino-alcohol motifs (C(OH)–C–C–N with tert-alkyl or cyclic N) is 1. The predicted octanol–water partition coefficient (Wildman–Crippen LogP) is 1.47. The summed E-state index contributed by atoms with van der Waals surface area (Å²) in [4.78, 5) is 21.7. The van der Waals surface area contributed by atoms with Crippen LogP contribution in [-0.4, -0.2) is 45.1 Å². The number of carbonyl (C=O) groups is 1. The first kappa shape index (κ1) is 13.7. The Labute approximate surface area is 123 Å². The maximum absolute atomic E-state index is 12.3. The molecule has 1 aliphatic heterocycles. The van der Waals surface area contributed by atoms with Gasteiger partial charge >= 0.3 is 0 Å². The second-order valence-corrected chi connectivity index (χ2v) is 5.25. The van der Waals surface area contributed by atoms with Gasteiger partial charge in [-0.2, -0.15) is 0 Å². The van der Waals surface area contributed by atoms with Crippen LogP contribution >= 0.6 is 0 Å². The summed E-state index contributed by atoms with van der Waals surface area (Å²) < 4.78 is 0. The molecule has 2 atom stereocenters. The number of likely N-dealkylation sites (tertiary alicyclic amines) is 1. The van der Waals surface area contributed by atoms with Gasteiger partial charge in [-0.3, -0.25) is 4.79 Å². The van der Waals surface area contributed by atoms with Crippen molar-refractivity contribution in [1.82, 2.24) is 14.9 Å². The molecule has 2 heterocycles. The summed E-state index contributed by atoms with van der Waals surface area (Å²) in [5.74, 6) is -0.0385. The molecule has 1 aromatic carbocycles. The molecule has 0 saturated carbocycles. The topological polar surface area (TPSA) is 66.3 Å². The van der Waals surface area contributed by atoms with Crippen LogP contribution in [0.5, 0.6) is 0 Å². The summed E-state index contributed by atoms with van der Waals surface area (Å²) in [7, 11) is 0. The normalized spacial score (nSPS) is 22.0. The van der Waals surface area contributed by atoms with Crippen molar-refractivity contribution < 1.29 is 9.90 Å². The molecule has 0 unspecified atom stereocenters. The van der Waals surface area contributed by atoms with E-state index >= 15 is 0 Å². The smallest absolute Gasteiger partial charge is 0.257 e. The fraction of sp³-hybridized carbons (Fsp3) is 0.312. The van der Waals surface area contributed by atoms with E-state index in [0.29, 0.717) is 18.7 Å².